The summed E-state index contributed by atoms with van der Waals surface area (Å²) in [6.07, 6.45) is 6.53. The summed E-state index contributed by atoms with van der Waals surface area (Å²) in [5.41, 5.74) is 0. The van der Waals surface area contributed by atoms with E-state index >= 15 is 0 Å². The van der Waals surface area contributed by atoms with E-state index in [2.05, 4.69) is 13.8 Å². The fourth-order valence-electron chi connectivity index (χ4n) is 5.09. The molecular formula is C20H35F3. The molecule has 0 saturated heterocycles. The molecule has 3 heteroatoms. The van der Waals surface area contributed by atoms with Crippen LogP contribution >= 0.6 is 0 Å². The predicted molar refractivity (Wildman–Crippen MR) is 90.8 cm³/mol. The van der Waals surface area contributed by atoms with Crippen LogP contribution in [0.3, 0.4) is 0 Å². The van der Waals surface area contributed by atoms with E-state index in [9.17, 15) is 13.2 Å². The molecule has 0 heterocycles. The zero-order valence-electron chi connectivity index (χ0n) is 15.0. The highest BCUT2D eigenvalue weighted by molar-refractivity contribution is 4.91. The SMILES string of the molecule is CCCCC(CCC)C1CCC(C2CC(F)C(F)C(F)C2)CC1. The Balaban J connectivity index is 1.82. The maximum Gasteiger partial charge on any atom is 0.162 e. The van der Waals surface area contributed by atoms with E-state index < -0.39 is 18.5 Å². The van der Waals surface area contributed by atoms with E-state index in [1.165, 1.54) is 44.9 Å². The van der Waals surface area contributed by atoms with Crippen molar-refractivity contribution in [2.75, 3.05) is 0 Å². The molecule has 0 bridgehead atoms. The van der Waals surface area contributed by atoms with Gasteiger partial charge in [-0.2, -0.15) is 0 Å². The molecule has 0 N–H and O–H groups in total. The first-order chi connectivity index (χ1) is 11.1. The van der Waals surface area contributed by atoms with Gasteiger partial charge < -0.3 is 0 Å². The summed E-state index contributed by atoms with van der Waals surface area (Å²) < 4.78 is 40.7. The van der Waals surface area contributed by atoms with E-state index in [-0.39, 0.29) is 18.8 Å². The van der Waals surface area contributed by atoms with E-state index in [4.69, 9.17) is 0 Å². The molecule has 3 unspecified atom stereocenters. The minimum absolute atomic E-state index is 0.0632. The zero-order valence-corrected chi connectivity index (χ0v) is 15.0. The number of unbranched alkanes of at least 4 members (excludes halogenated alkanes) is 1. The second-order valence-corrected chi connectivity index (χ2v) is 8.07. The van der Waals surface area contributed by atoms with E-state index in [0.29, 0.717) is 5.92 Å². The minimum atomic E-state index is -1.88. The van der Waals surface area contributed by atoms with Gasteiger partial charge in [0.15, 0.2) is 6.17 Å². The van der Waals surface area contributed by atoms with Crippen molar-refractivity contribution in [1.82, 2.24) is 0 Å². The standard InChI is InChI=1S/C20H35F3/c1-3-5-7-14(6-4-2)15-8-10-16(11-9-15)17-12-18(21)20(23)19(22)13-17/h14-20H,3-13H2,1-2H3. The highest BCUT2D eigenvalue weighted by atomic mass is 19.2. The molecule has 0 spiro atoms. The Hall–Kier alpha value is -0.210. The van der Waals surface area contributed by atoms with Gasteiger partial charge in [-0.05, 0) is 62.2 Å². The van der Waals surface area contributed by atoms with Crippen LogP contribution in [0, 0.1) is 23.7 Å². The number of rotatable bonds is 7. The van der Waals surface area contributed by atoms with Crippen LogP contribution in [0.4, 0.5) is 13.2 Å². The van der Waals surface area contributed by atoms with Crippen molar-refractivity contribution in [3.05, 3.63) is 0 Å². The molecule has 136 valence electrons. The quantitative estimate of drug-likeness (QED) is 0.479. The molecule has 0 aromatic carbocycles. The molecule has 2 rings (SSSR count). The lowest BCUT2D eigenvalue weighted by atomic mass is 9.67. The Morgan fingerprint density at radius 2 is 1.39 bits per heavy atom. The third-order valence-corrected chi connectivity index (χ3v) is 6.48. The molecule has 0 aromatic heterocycles. The third-order valence-electron chi connectivity index (χ3n) is 6.48. The topological polar surface area (TPSA) is 0 Å². The Labute approximate surface area is 140 Å². The van der Waals surface area contributed by atoms with Crippen molar-refractivity contribution in [2.45, 2.75) is 103 Å². The van der Waals surface area contributed by atoms with Crippen LogP contribution in [0.2, 0.25) is 0 Å². The van der Waals surface area contributed by atoms with Crippen molar-refractivity contribution in [1.29, 1.82) is 0 Å². The summed E-state index contributed by atoms with van der Waals surface area (Å²) in [6.45, 7) is 4.52. The van der Waals surface area contributed by atoms with Crippen molar-refractivity contribution >= 4 is 0 Å². The molecule has 0 radical (unpaired) electrons. The van der Waals surface area contributed by atoms with E-state index in [1.807, 2.05) is 0 Å². The minimum Gasteiger partial charge on any atom is -0.244 e. The maximum atomic E-state index is 13.7. The van der Waals surface area contributed by atoms with Gasteiger partial charge in [-0.3, -0.25) is 0 Å². The Morgan fingerprint density at radius 1 is 0.783 bits per heavy atom. The van der Waals surface area contributed by atoms with E-state index in [1.54, 1.807) is 0 Å². The fourth-order valence-corrected chi connectivity index (χ4v) is 5.09. The monoisotopic (exact) mass is 332 g/mol. The molecular weight excluding hydrogens is 297 g/mol. The van der Waals surface area contributed by atoms with Crippen LogP contribution in [0.5, 0.6) is 0 Å². The van der Waals surface area contributed by atoms with Gasteiger partial charge in [0.1, 0.15) is 12.3 Å². The smallest absolute Gasteiger partial charge is 0.162 e. The predicted octanol–water partition coefficient (Wildman–Crippen LogP) is 6.82. The van der Waals surface area contributed by atoms with Gasteiger partial charge in [0.05, 0.1) is 0 Å². The lowest BCUT2D eigenvalue weighted by molar-refractivity contribution is -0.00643. The Bertz CT molecular complexity index is 313. The molecule has 0 aliphatic heterocycles. The molecule has 2 aliphatic carbocycles. The molecule has 0 nitrogen and oxygen atoms in total. The fraction of sp³-hybridized carbons (Fsp3) is 1.00. The van der Waals surface area contributed by atoms with Gasteiger partial charge in [0, 0.05) is 0 Å². The number of halogens is 3. The summed E-state index contributed by atoms with van der Waals surface area (Å²) >= 11 is 0. The average Bonchev–Trinajstić information content (AvgIpc) is 2.56. The van der Waals surface area contributed by atoms with Gasteiger partial charge in [0.2, 0.25) is 0 Å². The van der Waals surface area contributed by atoms with Crippen molar-refractivity contribution in [2.24, 2.45) is 23.7 Å². The van der Waals surface area contributed by atoms with Gasteiger partial charge in [-0.15, -0.1) is 0 Å². The second kappa shape index (κ2) is 9.32. The normalized spacial score (nSPS) is 40.0. The molecule has 0 aromatic rings. The first-order valence-corrected chi connectivity index (χ1v) is 9.98. The summed E-state index contributed by atoms with van der Waals surface area (Å²) in [4.78, 5) is 0. The molecule has 23 heavy (non-hydrogen) atoms. The summed E-state index contributed by atoms with van der Waals surface area (Å²) in [6, 6.07) is 0. The lowest BCUT2D eigenvalue weighted by Crippen LogP contribution is -2.40. The zero-order chi connectivity index (χ0) is 16.8. The van der Waals surface area contributed by atoms with Crippen LogP contribution in [0.1, 0.15) is 84.5 Å². The van der Waals surface area contributed by atoms with Crippen molar-refractivity contribution in [3.63, 3.8) is 0 Å². The summed E-state index contributed by atoms with van der Waals surface area (Å²) in [5.74, 6) is 2.12. The van der Waals surface area contributed by atoms with Gasteiger partial charge >= 0.3 is 0 Å². The Kier molecular flexibility index (Phi) is 7.75. The average molecular weight is 332 g/mol. The lowest BCUT2D eigenvalue weighted by Gasteiger charge is -2.40. The maximum absolute atomic E-state index is 13.7. The number of hydrogen-bond donors (Lipinski definition) is 0. The highest BCUT2D eigenvalue weighted by Gasteiger charge is 2.42. The largest absolute Gasteiger partial charge is 0.244 e. The summed E-state index contributed by atoms with van der Waals surface area (Å²) in [7, 11) is 0. The van der Waals surface area contributed by atoms with Gasteiger partial charge in [-0.1, -0.05) is 46.0 Å². The number of hydrogen-bond acceptors (Lipinski definition) is 0. The van der Waals surface area contributed by atoms with Gasteiger partial charge in [0.25, 0.3) is 0 Å². The molecule has 2 aliphatic rings. The highest BCUT2D eigenvalue weighted by Crippen LogP contribution is 2.44. The van der Waals surface area contributed by atoms with Crippen LogP contribution in [0.15, 0.2) is 0 Å². The molecule has 0 amide bonds. The van der Waals surface area contributed by atoms with Crippen molar-refractivity contribution in [3.8, 4) is 0 Å². The number of alkyl halides is 3. The first-order valence-electron chi connectivity index (χ1n) is 9.98. The second-order valence-electron chi connectivity index (χ2n) is 8.07. The van der Waals surface area contributed by atoms with Crippen LogP contribution < -0.4 is 0 Å². The van der Waals surface area contributed by atoms with Crippen molar-refractivity contribution < 1.29 is 13.2 Å². The van der Waals surface area contributed by atoms with Crippen LogP contribution in [-0.4, -0.2) is 18.5 Å². The van der Waals surface area contributed by atoms with E-state index in [0.717, 1.165) is 24.7 Å². The first kappa shape index (κ1) is 19.1. The van der Waals surface area contributed by atoms with Crippen LogP contribution in [0.25, 0.3) is 0 Å². The van der Waals surface area contributed by atoms with Crippen LogP contribution in [-0.2, 0) is 0 Å². The third kappa shape index (κ3) is 5.13. The molecule has 3 atom stereocenters. The Morgan fingerprint density at radius 3 is 1.91 bits per heavy atom. The molecule has 2 saturated carbocycles. The van der Waals surface area contributed by atoms with Gasteiger partial charge in [-0.25, -0.2) is 13.2 Å². The molecule has 2 fully saturated rings. The summed E-state index contributed by atoms with van der Waals surface area (Å²) in [5, 5.41) is 0.